The highest BCUT2D eigenvalue weighted by atomic mass is 15.2. The van der Waals surface area contributed by atoms with Crippen molar-refractivity contribution in [3.05, 3.63) is 108 Å². The van der Waals surface area contributed by atoms with Crippen molar-refractivity contribution in [1.82, 2.24) is 25.2 Å². The summed E-state index contributed by atoms with van der Waals surface area (Å²) in [4.78, 5) is 15.9. The third-order valence-electron chi connectivity index (χ3n) is 7.77. The summed E-state index contributed by atoms with van der Waals surface area (Å²) in [7, 11) is 0. The van der Waals surface area contributed by atoms with Gasteiger partial charge in [-0.2, -0.15) is 0 Å². The fourth-order valence-corrected chi connectivity index (χ4v) is 5.81. The van der Waals surface area contributed by atoms with Crippen molar-refractivity contribution < 1.29 is 0 Å². The number of hydrogen-bond donors (Lipinski definition) is 2. The van der Waals surface area contributed by atoms with Crippen LogP contribution in [0.25, 0.3) is 0 Å². The normalized spacial score (nSPS) is 22.3. The zero-order chi connectivity index (χ0) is 23.5. The Labute approximate surface area is 208 Å². The average molecular weight is 466 g/mol. The van der Waals surface area contributed by atoms with Crippen LogP contribution in [0.3, 0.4) is 0 Å². The molecule has 2 aromatic heterocycles. The lowest BCUT2D eigenvalue weighted by atomic mass is 9.85. The molecular weight excluding hydrogens is 430 g/mol. The van der Waals surface area contributed by atoms with Crippen molar-refractivity contribution >= 4 is 0 Å². The van der Waals surface area contributed by atoms with E-state index in [4.69, 9.17) is 9.97 Å². The van der Waals surface area contributed by atoms with Crippen LogP contribution in [0.5, 0.6) is 0 Å². The van der Waals surface area contributed by atoms with E-state index in [0.717, 1.165) is 38.2 Å². The average Bonchev–Trinajstić information content (AvgIpc) is 3.60. The number of nitrogens with zero attached hydrogens (tertiary/aromatic N) is 3. The van der Waals surface area contributed by atoms with Gasteiger partial charge in [-0.1, -0.05) is 54.6 Å². The van der Waals surface area contributed by atoms with Gasteiger partial charge >= 0.3 is 0 Å². The number of benzene rings is 1. The lowest BCUT2D eigenvalue weighted by molar-refractivity contribution is 0.0757. The molecule has 0 radical (unpaired) electrons. The number of rotatable bonds is 9. The van der Waals surface area contributed by atoms with Crippen molar-refractivity contribution in [2.45, 2.75) is 69.7 Å². The molecule has 3 aliphatic carbocycles. The number of hydrogen-bond acceptors (Lipinski definition) is 4. The van der Waals surface area contributed by atoms with E-state index in [-0.39, 0.29) is 12.1 Å². The third-order valence-corrected chi connectivity index (χ3v) is 7.77. The van der Waals surface area contributed by atoms with Gasteiger partial charge in [0.25, 0.3) is 0 Å². The fraction of sp³-hybridized carbons (Fsp3) is 0.400. The molecule has 0 spiro atoms. The summed E-state index contributed by atoms with van der Waals surface area (Å²) < 4.78 is 0. The summed E-state index contributed by atoms with van der Waals surface area (Å²) >= 11 is 0. The Kier molecular flexibility index (Phi) is 6.61. The molecule has 0 aliphatic heterocycles. The second kappa shape index (κ2) is 10.3. The quantitative estimate of drug-likeness (QED) is 0.419. The summed E-state index contributed by atoms with van der Waals surface area (Å²) in [6.45, 7) is 1.81. The number of nitrogens with one attached hydrogen (secondary N) is 2. The van der Waals surface area contributed by atoms with Gasteiger partial charge in [0, 0.05) is 43.6 Å². The van der Waals surface area contributed by atoms with Gasteiger partial charge in [-0.15, -0.1) is 0 Å². The number of allylic oxidation sites excluding steroid dienone is 3. The second-order valence-corrected chi connectivity index (χ2v) is 10.2. The predicted octanol–water partition coefficient (Wildman–Crippen LogP) is 5.81. The maximum atomic E-state index is 4.95. The molecule has 1 saturated carbocycles. The summed E-state index contributed by atoms with van der Waals surface area (Å²) in [6.07, 6.45) is 21.9. The first-order chi connectivity index (χ1) is 17.4. The van der Waals surface area contributed by atoms with E-state index in [9.17, 15) is 0 Å². The first-order valence-corrected chi connectivity index (χ1v) is 13.2. The molecule has 0 saturated heterocycles. The van der Waals surface area contributed by atoms with Gasteiger partial charge in [0.2, 0.25) is 0 Å². The molecule has 6 rings (SSSR count). The Morgan fingerprint density at radius 3 is 2.71 bits per heavy atom. The van der Waals surface area contributed by atoms with E-state index in [1.54, 1.807) is 0 Å². The third kappa shape index (κ3) is 5.02. The minimum Gasteiger partial charge on any atom is -0.347 e. The summed E-state index contributed by atoms with van der Waals surface area (Å²) in [5.74, 6) is 1.41. The number of aromatic nitrogens is 3. The number of fused-ring (bicyclic) bond motifs is 1. The van der Waals surface area contributed by atoms with E-state index < -0.39 is 0 Å². The molecule has 1 fully saturated rings. The molecule has 1 aromatic carbocycles. The molecule has 2 heterocycles. The Bertz CT molecular complexity index is 1180. The zero-order valence-corrected chi connectivity index (χ0v) is 20.3. The molecule has 3 aliphatic rings. The largest absolute Gasteiger partial charge is 0.347 e. The van der Waals surface area contributed by atoms with Gasteiger partial charge in [-0.25, -0.2) is 4.98 Å². The van der Waals surface area contributed by atoms with Crippen LogP contribution in [0.1, 0.15) is 72.4 Å². The highest BCUT2D eigenvalue weighted by molar-refractivity contribution is 5.30. The maximum absolute atomic E-state index is 4.95. The topological polar surface area (TPSA) is 56.8 Å². The predicted molar refractivity (Wildman–Crippen MR) is 139 cm³/mol. The highest BCUT2D eigenvalue weighted by Crippen LogP contribution is 2.43. The van der Waals surface area contributed by atoms with Gasteiger partial charge < -0.3 is 10.3 Å². The van der Waals surface area contributed by atoms with E-state index in [2.05, 4.69) is 75.9 Å². The van der Waals surface area contributed by atoms with Crippen LogP contribution < -0.4 is 5.32 Å². The van der Waals surface area contributed by atoms with Crippen LogP contribution in [0.4, 0.5) is 0 Å². The summed E-state index contributed by atoms with van der Waals surface area (Å²) in [5.41, 5.74) is 5.45. The van der Waals surface area contributed by atoms with Crippen LogP contribution in [0.15, 0.2) is 79.3 Å². The van der Waals surface area contributed by atoms with E-state index in [1.807, 2.05) is 18.6 Å². The number of pyridine rings is 1. The van der Waals surface area contributed by atoms with Crippen LogP contribution in [0.2, 0.25) is 0 Å². The van der Waals surface area contributed by atoms with Gasteiger partial charge in [-0.3, -0.25) is 9.88 Å². The molecule has 3 atom stereocenters. The summed E-state index contributed by atoms with van der Waals surface area (Å²) in [6, 6.07) is 14.4. The molecule has 5 heteroatoms. The second-order valence-electron chi connectivity index (χ2n) is 10.2. The maximum Gasteiger partial charge on any atom is 0.124 e. The SMILES string of the molecule is C1=CCC(C(c2ncc[nH]2)N(Cc2ccccc2CNC2CC2)C2CCCc3cccnc32)C=C1. The van der Waals surface area contributed by atoms with Gasteiger partial charge in [0.1, 0.15) is 5.82 Å². The standard InChI is InChI=1S/C30H35N5/c1-2-8-23(9-3-1)29(30-32-18-19-33-30)35(27-14-6-12-22-13-7-17-31-28(22)27)21-25-11-5-4-10-24(25)20-34-26-15-16-26/h1-5,7-8,10-11,13,17-19,23,26-27,29,34H,6,9,12,14-16,20-21H2,(H,32,33). The molecule has 2 N–H and O–H groups in total. The number of imidazole rings is 1. The van der Waals surface area contributed by atoms with E-state index >= 15 is 0 Å². The highest BCUT2D eigenvalue weighted by Gasteiger charge is 2.37. The lowest BCUT2D eigenvalue weighted by Gasteiger charge is -2.42. The van der Waals surface area contributed by atoms with Crippen molar-refractivity contribution in [3.63, 3.8) is 0 Å². The van der Waals surface area contributed by atoms with Crippen molar-refractivity contribution in [3.8, 4) is 0 Å². The first kappa shape index (κ1) is 22.4. The minimum absolute atomic E-state index is 0.147. The van der Waals surface area contributed by atoms with E-state index in [1.165, 1.54) is 41.6 Å². The van der Waals surface area contributed by atoms with Crippen LogP contribution in [-0.4, -0.2) is 25.9 Å². The molecule has 35 heavy (non-hydrogen) atoms. The van der Waals surface area contributed by atoms with Gasteiger partial charge in [0.05, 0.1) is 17.8 Å². The van der Waals surface area contributed by atoms with Crippen molar-refractivity contribution in [2.24, 2.45) is 5.92 Å². The zero-order valence-electron chi connectivity index (χ0n) is 20.3. The van der Waals surface area contributed by atoms with Crippen LogP contribution in [-0.2, 0) is 19.5 Å². The molecule has 0 amide bonds. The molecule has 3 aromatic rings. The fourth-order valence-electron chi connectivity index (χ4n) is 5.81. The van der Waals surface area contributed by atoms with Crippen LogP contribution in [0, 0.1) is 5.92 Å². The summed E-state index contributed by atoms with van der Waals surface area (Å²) in [5, 5.41) is 3.73. The Hall–Kier alpha value is -3.02. The molecule has 0 bridgehead atoms. The Balaban J connectivity index is 1.41. The molecule has 5 nitrogen and oxygen atoms in total. The number of H-pyrrole nitrogens is 1. The van der Waals surface area contributed by atoms with Crippen molar-refractivity contribution in [2.75, 3.05) is 0 Å². The number of aromatic amines is 1. The minimum atomic E-state index is 0.147. The Morgan fingerprint density at radius 1 is 1.00 bits per heavy atom. The first-order valence-electron chi connectivity index (χ1n) is 13.2. The molecular formula is C30H35N5. The number of aryl methyl sites for hydroxylation is 1. The monoisotopic (exact) mass is 465 g/mol. The molecule has 3 unspecified atom stereocenters. The lowest BCUT2D eigenvalue weighted by Crippen LogP contribution is -2.39. The van der Waals surface area contributed by atoms with Crippen molar-refractivity contribution in [1.29, 1.82) is 0 Å². The van der Waals surface area contributed by atoms with E-state index in [0.29, 0.717) is 12.0 Å². The van der Waals surface area contributed by atoms with Gasteiger partial charge in [0.15, 0.2) is 0 Å². The Morgan fingerprint density at radius 2 is 1.91 bits per heavy atom. The smallest absolute Gasteiger partial charge is 0.124 e. The van der Waals surface area contributed by atoms with Crippen LogP contribution >= 0.6 is 0 Å². The van der Waals surface area contributed by atoms with Gasteiger partial charge in [-0.05, 0) is 61.3 Å². The molecule has 180 valence electrons.